The summed E-state index contributed by atoms with van der Waals surface area (Å²) in [6.45, 7) is 0.206. The molecule has 142 valence electrons. The van der Waals surface area contributed by atoms with Crippen LogP contribution in [0, 0.1) is 0 Å². The molecule has 0 atom stereocenters. The topological polar surface area (TPSA) is 96.3 Å². The molecule has 0 aliphatic heterocycles. The van der Waals surface area contributed by atoms with Gasteiger partial charge >= 0.3 is 0 Å². The van der Waals surface area contributed by atoms with Crippen LogP contribution in [0.25, 0.3) is 11.5 Å². The molecule has 0 saturated heterocycles. The number of thioether (sulfide) groups is 1. The van der Waals surface area contributed by atoms with Gasteiger partial charge in [0, 0.05) is 5.56 Å². The van der Waals surface area contributed by atoms with E-state index in [2.05, 4.69) is 20.4 Å². The van der Waals surface area contributed by atoms with Crippen LogP contribution in [0.2, 0.25) is 0 Å². The highest BCUT2D eigenvalue weighted by atomic mass is 32.2. The van der Waals surface area contributed by atoms with Gasteiger partial charge in [-0.2, -0.15) is 0 Å². The summed E-state index contributed by atoms with van der Waals surface area (Å²) in [4.78, 5) is 0. The molecule has 2 heterocycles. The fourth-order valence-corrected chi connectivity index (χ4v) is 2.94. The van der Waals surface area contributed by atoms with Crippen LogP contribution in [-0.2, 0) is 12.4 Å². The highest BCUT2D eigenvalue weighted by Crippen LogP contribution is 2.26. The Balaban J connectivity index is 1.32. The number of methoxy groups -OCH3 is 1. The lowest BCUT2D eigenvalue weighted by Gasteiger charge is -2.01. The Kier molecular flexibility index (Phi) is 5.53. The molecular weight excluding hydrogens is 380 g/mol. The molecule has 0 radical (unpaired) electrons. The van der Waals surface area contributed by atoms with Crippen molar-refractivity contribution in [2.45, 2.75) is 17.6 Å². The maximum atomic E-state index is 5.69. The molecule has 4 aromatic rings. The predicted molar refractivity (Wildman–Crippen MR) is 101 cm³/mol. The van der Waals surface area contributed by atoms with Crippen LogP contribution >= 0.6 is 11.8 Å². The fraction of sp³-hybridized carbons (Fsp3) is 0.158. The molecule has 0 spiro atoms. The van der Waals surface area contributed by atoms with E-state index in [1.807, 2.05) is 54.6 Å². The summed E-state index contributed by atoms with van der Waals surface area (Å²) in [5, 5.41) is 16.5. The van der Waals surface area contributed by atoms with Gasteiger partial charge in [-0.15, -0.1) is 20.4 Å². The summed E-state index contributed by atoms with van der Waals surface area (Å²) in [6, 6.07) is 16.9. The summed E-state index contributed by atoms with van der Waals surface area (Å²) in [7, 11) is 1.61. The normalized spacial score (nSPS) is 10.8. The van der Waals surface area contributed by atoms with Gasteiger partial charge in [-0.05, 0) is 30.3 Å². The van der Waals surface area contributed by atoms with E-state index < -0.39 is 0 Å². The van der Waals surface area contributed by atoms with Gasteiger partial charge in [0.15, 0.2) is 6.61 Å². The number of para-hydroxylation sites is 1. The van der Waals surface area contributed by atoms with E-state index in [0.29, 0.717) is 28.6 Å². The maximum Gasteiger partial charge on any atom is 0.277 e. The summed E-state index contributed by atoms with van der Waals surface area (Å²) in [6.07, 6.45) is 0. The van der Waals surface area contributed by atoms with Crippen LogP contribution in [0.5, 0.6) is 11.5 Å². The molecule has 9 heteroatoms. The molecule has 2 aromatic heterocycles. The lowest BCUT2D eigenvalue weighted by molar-refractivity contribution is 0.252. The van der Waals surface area contributed by atoms with Gasteiger partial charge in [-0.3, -0.25) is 0 Å². The lowest BCUT2D eigenvalue weighted by atomic mass is 10.2. The van der Waals surface area contributed by atoms with Gasteiger partial charge in [0.2, 0.25) is 11.8 Å². The van der Waals surface area contributed by atoms with Gasteiger partial charge < -0.3 is 18.3 Å². The second-order valence-corrected chi connectivity index (χ2v) is 6.51. The van der Waals surface area contributed by atoms with Crippen LogP contribution < -0.4 is 9.47 Å². The number of ether oxygens (including phenoxy) is 2. The van der Waals surface area contributed by atoms with E-state index in [9.17, 15) is 0 Å². The molecule has 0 N–H and O–H groups in total. The van der Waals surface area contributed by atoms with Gasteiger partial charge in [-0.25, -0.2) is 0 Å². The standard InChI is InChI=1S/C19H16N4O4S/c1-24-15-9-5-6-13(10-15)18-22-21-17(26-18)12-28-19-23-20-16(27-19)11-25-14-7-3-2-4-8-14/h2-10H,11-12H2,1H3. The first-order valence-corrected chi connectivity index (χ1v) is 9.38. The van der Waals surface area contributed by atoms with E-state index in [4.69, 9.17) is 18.3 Å². The zero-order valence-electron chi connectivity index (χ0n) is 14.9. The Morgan fingerprint density at radius 2 is 1.68 bits per heavy atom. The third-order valence-corrected chi connectivity index (χ3v) is 4.46. The van der Waals surface area contributed by atoms with Crippen molar-refractivity contribution in [1.29, 1.82) is 0 Å². The van der Waals surface area contributed by atoms with Gasteiger partial charge in [0.05, 0.1) is 12.9 Å². The monoisotopic (exact) mass is 396 g/mol. The molecule has 0 unspecified atom stereocenters. The molecule has 28 heavy (non-hydrogen) atoms. The van der Waals surface area contributed by atoms with Crippen molar-refractivity contribution in [3.8, 4) is 23.0 Å². The Morgan fingerprint density at radius 3 is 2.54 bits per heavy atom. The van der Waals surface area contributed by atoms with Gasteiger partial charge in [0.25, 0.3) is 11.1 Å². The zero-order chi connectivity index (χ0) is 19.2. The summed E-state index contributed by atoms with van der Waals surface area (Å²) in [5.41, 5.74) is 0.793. The maximum absolute atomic E-state index is 5.69. The number of rotatable bonds is 8. The van der Waals surface area contributed by atoms with Crippen LogP contribution in [0.4, 0.5) is 0 Å². The SMILES string of the molecule is COc1cccc(-c2nnc(CSc3nnc(COc4ccccc4)o3)o2)c1. The average molecular weight is 396 g/mol. The third-order valence-electron chi connectivity index (χ3n) is 3.66. The number of aromatic nitrogens is 4. The van der Waals surface area contributed by atoms with Crippen molar-refractivity contribution >= 4 is 11.8 Å². The molecule has 2 aromatic carbocycles. The molecule has 4 rings (SSSR count). The molecule has 0 aliphatic rings. The highest BCUT2D eigenvalue weighted by Gasteiger charge is 2.13. The molecule has 0 fully saturated rings. The predicted octanol–water partition coefficient (Wildman–Crippen LogP) is 4.00. The summed E-state index contributed by atoms with van der Waals surface area (Å²) in [5.74, 6) is 3.17. The quantitative estimate of drug-likeness (QED) is 0.409. The van der Waals surface area contributed by atoms with E-state index in [1.54, 1.807) is 7.11 Å². The van der Waals surface area contributed by atoms with E-state index in [-0.39, 0.29) is 6.61 Å². The highest BCUT2D eigenvalue weighted by molar-refractivity contribution is 7.98. The number of benzene rings is 2. The Bertz CT molecular complexity index is 1040. The van der Waals surface area contributed by atoms with Crippen molar-refractivity contribution in [1.82, 2.24) is 20.4 Å². The second-order valence-electron chi connectivity index (χ2n) is 5.59. The first-order valence-electron chi connectivity index (χ1n) is 8.40. The largest absolute Gasteiger partial charge is 0.497 e. The second kappa shape index (κ2) is 8.57. The first kappa shape index (κ1) is 18.1. The van der Waals surface area contributed by atoms with Crippen LogP contribution in [0.3, 0.4) is 0 Å². The minimum absolute atomic E-state index is 0.206. The van der Waals surface area contributed by atoms with Crippen LogP contribution in [-0.4, -0.2) is 27.5 Å². The van der Waals surface area contributed by atoms with Crippen molar-refractivity contribution in [2.75, 3.05) is 7.11 Å². The molecular formula is C19H16N4O4S. The van der Waals surface area contributed by atoms with Gasteiger partial charge in [0.1, 0.15) is 11.5 Å². The van der Waals surface area contributed by atoms with E-state index in [1.165, 1.54) is 11.8 Å². The molecule has 8 nitrogen and oxygen atoms in total. The van der Waals surface area contributed by atoms with E-state index in [0.717, 1.165) is 17.1 Å². The van der Waals surface area contributed by atoms with E-state index >= 15 is 0 Å². The third kappa shape index (κ3) is 4.49. The minimum atomic E-state index is 0.206. The average Bonchev–Trinajstić information content (AvgIpc) is 3.41. The summed E-state index contributed by atoms with van der Waals surface area (Å²) >= 11 is 1.32. The Labute approximate surface area is 164 Å². The molecule has 0 amide bonds. The van der Waals surface area contributed by atoms with Gasteiger partial charge in [-0.1, -0.05) is 36.0 Å². The first-order chi connectivity index (χ1) is 13.8. The van der Waals surface area contributed by atoms with Crippen molar-refractivity contribution in [3.63, 3.8) is 0 Å². The fourth-order valence-electron chi connectivity index (χ4n) is 2.32. The number of nitrogens with zero attached hydrogens (tertiary/aromatic N) is 4. The Hall–Kier alpha value is -3.33. The zero-order valence-corrected chi connectivity index (χ0v) is 15.8. The van der Waals surface area contributed by atoms with Crippen molar-refractivity contribution in [3.05, 3.63) is 66.4 Å². The van der Waals surface area contributed by atoms with Crippen LogP contribution in [0.1, 0.15) is 11.8 Å². The molecule has 0 aliphatic carbocycles. The number of hydrogen-bond donors (Lipinski definition) is 0. The number of hydrogen-bond acceptors (Lipinski definition) is 9. The van der Waals surface area contributed by atoms with Crippen molar-refractivity contribution < 1.29 is 18.3 Å². The van der Waals surface area contributed by atoms with Crippen LogP contribution in [0.15, 0.2) is 68.7 Å². The summed E-state index contributed by atoms with van der Waals surface area (Å²) < 4.78 is 22.0. The Morgan fingerprint density at radius 1 is 0.857 bits per heavy atom. The van der Waals surface area contributed by atoms with Crippen molar-refractivity contribution in [2.24, 2.45) is 0 Å². The molecule has 0 saturated carbocycles. The smallest absolute Gasteiger partial charge is 0.277 e. The lowest BCUT2D eigenvalue weighted by Crippen LogP contribution is -1.95. The molecule has 0 bridgehead atoms. The minimum Gasteiger partial charge on any atom is -0.497 e.